The minimum Gasteiger partial charge on any atom is -0.377 e. The molecule has 0 aliphatic heterocycles. The van der Waals surface area contributed by atoms with Gasteiger partial charge < -0.3 is 10.2 Å². The Morgan fingerprint density at radius 3 is 1.18 bits per heavy atom. The number of hydrogen-bond acceptors (Lipinski definition) is 2. The van der Waals surface area contributed by atoms with E-state index in [0.717, 1.165) is 41.6 Å². The Morgan fingerprint density at radius 1 is 0.412 bits per heavy atom. The lowest BCUT2D eigenvalue weighted by molar-refractivity contribution is 0.0919. The normalized spacial score (nSPS) is 21.6. The Hall–Kier alpha value is -2.76. The third-order valence-electron chi connectivity index (χ3n) is 6.88. The van der Waals surface area contributed by atoms with Gasteiger partial charge in [-0.15, -0.1) is 0 Å². The summed E-state index contributed by atoms with van der Waals surface area (Å²) in [4.78, 5) is 0. The summed E-state index contributed by atoms with van der Waals surface area (Å²) < 4.78 is 1.95. The highest BCUT2D eigenvalue weighted by molar-refractivity contribution is 9.11. The van der Waals surface area contributed by atoms with Crippen LogP contribution < -0.4 is 0 Å². The van der Waals surface area contributed by atoms with Crippen LogP contribution in [0.3, 0.4) is 0 Å². The molecule has 2 nitrogen and oxygen atoms in total. The lowest BCUT2D eigenvalue weighted by Crippen LogP contribution is -2.38. The first kappa shape index (κ1) is 21.8. The van der Waals surface area contributed by atoms with Gasteiger partial charge in [-0.2, -0.15) is 0 Å². The summed E-state index contributed by atoms with van der Waals surface area (Å²) >= 11 is 7.28. The van der Waals surface area contributed by atoms with Crippen molar-refractivity contribution in [3.05, 3.63) is 140 Å². The summed E-state index contributed by atoms with van der Waals surface area (Å²) in [6.07, 6.45) is 3.48. The fraction of sp³-hybridized carbons (Fsp3) is 0.0667. The molecular weight excluding hydrogens is 552 g/mol. The molecule has 166 valence electrons. The highest BCUT2D eigenvalue weighted by atomic mass is 79.9. The van der Waals surface area contributed by atoms with Gasteiger partial charge in [0.15, 0.2) is 0 Å². The topological polar surface area (TPSA) is 40.5 Å². The van der Waals surface area contributed by atoms with Gasteiger partial charge in [-0.25, -0.2) is 0 Å². The molecule has 0 fully saturated rings. The van der Waals surface area contributed by atoms with Gasteiger partial charge in [0.25, 0.3) is 0 Å². The molecule has 0 amide bonds. The van der Waals surface area contributed by atoms with Crippen LogP contribution in [0.1, 0.15) is 22.3 Å². The zero-order chi connectivity index (χ0) is 23.5. The smallest absolute Gasteiger partial charge is 0.134 e. The maximum Gasteiger partial charge on any atom is 0.134 e. The van der Waals surface area contributed by atoms with Gasteiger partial charge in [-0.1, -0.05) is 117 Å². The Bertz CT molecular complexity index is 1500. The summed E-state index contributed by atoms with van der Waals surface area (Å²) in [5.74, 6) is 0. The molecule has 2 N–H and O–H groups in total. The van der Waals surface area contributed by atoms with Crippen LogP contribution >= 0.6 is 31.9 Å². The third-order valence-corrected chi connectivity index (χ3v) is 8.26. The molecule has 0 bridgehead atoms. The first-order chi connectivity index (χ1) is 16.4. The molecule has 0 heterocycles. The van der Waals surface area contributed by atoms with Gasteiger partial charge in [-0.05, 0) is 68.1 Å². The van der Waals surface area contributed by atoms with Crippen LogP contribution in [0.25, 0.3) is 21.5 Å². The fourth-order valence-corrected chi connectivity index (χ4v) is 6.18. The summed E-state index contributed by atoms with van der Waals surface area (Å²) in [6.45, 7) is 0. The molecule has 34 heavy (non-hydrogen) atoms. The number of halogens is 2. The van der Waals surface area contributed by atoms with Crippen LogP contribution in [-0.4, -0.2) is 10.2 Å². The summed E-state index contributed by atoms with van der Waals surface area (Å²) in [7, 11) is 0. The van der Waals surface area contributed by atoms with E-state index < -0.39 is 11.2 Å². The lowest BCUT2D eigenvalue weighted by atomic mass is 9.70. The third kappa shape index (κ3) is 3.06. The van der Waals surface area contributed by atoms with E-state index in [1.807, 2.05) is 97.1 Å². The largest absolute Gasteiger partial charge is 0.377 e. The number of hydrogen-bond donors (Lipinski definition) is 2. The predicted octanol–water partition coefficient (Wildman–Crippen LogP) is 7.56. The molecule has 0 aromatic heterocycles. The maximum atomic E-state index is 12.2. The van der Waals surface area contributed by atoms with Crippen LogP contribution in [0.5, 0.6) is 0 Å². The average Bonchev–Trinajstić information content (AvgIpc) is 2.87. The van der Waals surface area contributed by atoms with Crippen molar-refractivity contribution in [2.45, 2.75) is 11.2 Å². The molecule has 6 rings (SSSR count). The van der Waals surface area contributed by atoms with E-state index in [2.05, 4.69) is 31.9 Å². The van der Waals surface area contributed by atoms with E-state index in [1.54, 1.807) is 12.2 Å². The molecule has 0 saturated heterocycles. The minimum atomic E-state index is -1.39. The van der Waals surface area contributed by atoms with E-state index in [0.29, 0.717) is 11.1 Å². The SMILES string of the molecule is O[C@]1(c2ccc(Br)c3ccccc23)C=C[C@@](O)(c2ccc(Br)c3ccccc23)c2ccccc21. The average molecular weight is 572 g/mol. The van der Waals surface area contributed by atoms with Crippen molar-refractivity contribution < 1.29 is 10.2 Å². The van der Waals surface area contributed by atoms with E-state index >= 15 is 0 Å². The number of fused-ring (bicyclic) bond motifs is 3. The van der Waals surface area contributed by atoms with Gasteiger partial charge in [0.05, 0.1) is 0 Å². The molecule has 2 atom stereocenters. The summed E-state index contributed by atoms with van der Waals surface area (Å²) in [5.41, 5.74) is 0.0946. The van der Waals surface area contributed by atoms with Crippen LogP contribution in [0, 0.1) is 0 Å². The Morgan fingerprint density at radius 2 is 0.765 bits per heavy atom. The first-order valence-electron chi connectivity index (χ1n) is 11.0. The van der Waals surface area contributed by atoms with E-state index in [1.165, 1.54) is 0 Å². The lowest BCUT2D eigenvalue weighted by Gasteiger charge is -2.40. The predicted molar refractivity (Wildman–Crippen MR) is 145 cm³/mol. The van der Waals surface area contributed by atoms with Crippen molar-refractivity contribution in [3.63, 3.8) is 0 Å². The maximum absolute atomic E-state index is 12.2. The molecule has 5 aromatic rings. The van der Waals surface area contributed by atoms with E-state index in [-0.39, 0.29) is 0 Å². The first-order valence-corrected chi connectivity index (χ1v) is 12.6. The second-order valence-corrected chi connectivity index (χ2v) is 10.4. The van der Waals surface area contributed by atoms with Crippen molar-refractivity contribution in [1.82, 2.24) is 0 Å². The van der Waals surface area contributed by atoms with Crippen molar-refractivity contribution in [1.29, 1.82) is 0 Å². The van der Waals surface area contributed by atoms with Gasteiger partial charge in [0.1, 0.15) is 11.2 Å². The Kier molecular flexibility index (Phi) is 5.05. The van der Waals surface area contributed by atoms with Crippen LogP contribution in [-0.2, 0) is 11.2 Å². The molecule has 1 aliphatic carbocycles. The summed E-state index contributed by atoms with van der Waals surface area (Å²) in [5, 5.41) is 28.4. The van der Waals surface area contributed by atoms with Gasteiger partial charge in [0, 0.05) is 8.95 Å². The van der Waals surface area contributed by atoms with Crippen molar-refractivity contribution >= 4 is 53.4 Å². The fourth-order valence-electron chi connectivity index (χ4n) is 5.23. The molecule has 1 aliphatic rings. The second-order valence-electron chi connectivity index (χ2n) is 8.69. The highest BCUT2D eigenvalue weighted by Gasteiger charge is 2.44. The summed E-state index contributed by atoms with van der Waals surface area (Å²) in [6, 6.07) is 31.5. The molecule has 5 aromatic carbocycles. The number of aliphatic hydroxyl groups is 2. The quantitative estimate of drug-likeness (QED) is 0.215. The van der Waals surface area contributed by atoms with Crippen molar-refractivity contribution in [2.75, 3.05) is 0 Å². The Labute approximate surface area is 214 Å². The van der Waals surface area contributed by atoms with Crippen LogP contribution in [0.4, 0.5) is 0 Å². The van der Waals surface area contributed by atoms with Gasteiger partial charge in [-0.3, -0.25) is 0 Å². The van der Waals surface area contributed by atoms with Crippen molar-refractivity contribution in [2.24, 2.45) is 0 Å². The highest BCUT2D eigenvalue weighted by Crippen LogP contribution is 2.48. The molecule has 0 unspecified atom stereocenters. The van der Waals surface area contributed by atoms with Gasteiger partial charge in [0.2, 0.25) is 0 Å². The Balaban J connectivity index is 1.64. The number of benzene rings is 5. The van der Waals surface area contributed by atoms with Crippen LogP contribution in [0.2, 0.25) is 0 Å². The van der Waals surface area contributed by atoms with Crippen LogP contribution in [0.15, 0.2) is 118 Å². The molecule has 0 radical (unpaired) electrons. The molecule has 0 saturated carbocycles. The number of rotatable bonds is 2. The molecule has 0 spiro atoms. The zero-order valence-corrected chi connectivity index (χ0v) is 21.2. The standard InChI is InChI=1S/C30H20Br2O2/c31-27-15-13-23(19-7-1-3-9-21(19)27)29(33)17-18-30(34,26-12-6-5-11-25(26)29)24-14-16-28(32)22-10-4-2-8-20(22)24/h1-18,33-34H/t29-,30+. The zero-order valence-electron chi connectivity index (χ0n) is 18.0. The minimum absolute atomic E-state index is 0.666. The molecular formula is C30H20Br2O2. The second kappa shape index (κ2) is 7.89. The van der Waals surface area contributed by atoms with E-state index in [4.69, 9.17) is 0 Å². The molecule has 4 heteroatoms. The van der Waals surface area contributed by atoms with Gasteiger partial charge >= 0.3 is 0 Å². The van der Waals surface area contributed by atoms with E-state index in [9.17, 15) is 10.2 Å². The van der Waals surface area contributed by atoms with Crippen molar-refractivity contribution in [3.8, 4) is 0 Å². The monoisotopic (exact) mass is 570 g/mol.